The Balaban J connectivity index is 1.56. The van der Waals surface area contributed by atoms with Crippen molar-refractivity contribution in [3.63, 3.8) is 0 Å². The first-order valence-electron chi connectivity index (χ1n) is 7.09. The third-order valence-corrected chi connectivity index (χ3v) is 3.40. The molecule has 0 aromatic heterocycles. The molecule has 0 bridgehead atoms. The molecular weight excluding hydrogens is 280 g/mol. The number of rotatable bonds is 4. The van der Waals surface area contributed by atoms with E-state index in [1.807, 2.05) is 42.5 Å². The number of anilines is 1. The minimum Gasteiger partial charge on any atom is -0.477 e. The molecule has 0 aliphatic carbocycles. The highest BCUT2D eigenvalue weighted by molar-refractivity contribution is 5.98. The standard InChI is InChI=1S/C17H16N2O3/c20-16(10-12-6-2-1-3-7-12)18-11-15-17(21)19-13-8-4-5-9-14(13)22-15/h1-9,15H,10-11H2,(H,18,20)(H,19,21). The molecule has 1 heterocycles. The van der Waals surface area contributed by atoms with Gasteiger partial charge in [0.25, 0.3) is 5.91 Å². The second kappa shape index (κ2) is 6.30. The summed E-state index contributed by atoms with van der Waals surface area (Å²) in [4.78, 5) is 23.8. The third-order valence-electron chi connectivity index (χ3n) is 3.40. The van der Waals surface area contributed by atoms with E-state index >= 15 is 0 Å². The maximum absolute atomic E-state index is 11.9. The van der Waals surface area contributed by atoms with Crippen LogP contribution in [0.3, 0.4) is 0 Å². The summed E-state index contributed by atoms with van der Waals surface area (Å²) in [5.41, 5.74) is 1.58. The van der Waals surface area contributed by atoms with Crippen LogP contribution in [0.2, 0.25) is 0 Å². The summed E-state index contributed by atoms with van der Waals surface area (Å²) in [6, 6.07) is 16.7. The van der Waals surface area contributed by atoms with Gasteiger partial charge < -0.3 is 15.4 Å². The SMILES string of the molecule is O=C(Cc1ccccc1)NCC1Oc2ccccc2NC1=O. The maximum atomic E-state index is 11.9. The van der Waals surface area contributed by atoms with Crippen molar-refractivity contribution in [2.45, 2.75) is 12.5 Å². The molecule has 2 aromatic carbocycles. The van der Waals surface area contributed by atoms with Gasteiger partial charge in [-0.25, -0.2) is 0 Å². The molecule has 0 fully saturated rings. The summed E-state index contributed by atoms with van der Waals surface area (Å²) in [7, 11) is 0. The molecule has 22 heavy (non-hydrogen) atoms. The van der Waals surface area contributed by atoms with Crippen LogP contribution in [-0.4, -0.2) is 24.5 Å². The van der Waals surface area contributed by atoms with Crippen LogP contribution in [-0.2, 0) is 16.0 Å². The van der Waals surface area contributed by atoms with Gasteiger partial charge in [-0.2, -0.15) is 0 Å². The molecule has 2 amide bonds. The highest BCUT2D eigenvalue weighted by Gasteiger charge is 2.27. The van der Waals surface area contributed by atoms with E-state index in [0.717, 1.165) is 5.56 Å². The molecule has 0 saturated carbocycles. The molecule has 2 aromatic rings. The number of ether oxygens (including phenoxy) is 1. The molecule has 0 saturated heterocycles. The second-order valence-electron chi connectivity index (χ2n) is 5.06. The Kier molecular flexibility index (Phi) is 4.05. The summed E-state index contributed by atoms with van der Waals surface area (Å²) >= 11 is 0. The van der Waals surface area contributed by atoms with Crippen molar-refractivity contribution in [2.75, 3.05) is 11.9 Å². The molecule has 3 rings (SSSR count). The number of benzene rings is 2. The first-order valence-corrected chi connectivity index (χ1v) is 7.09. The molecule has 1 unspecified atom stereocenters. The van der Waals surface area contributed by atoms with E-state index in [1.165, 1.54) is 0 Å². The number of amides is 2. The molecule has 112 valence electrons. The van der Waals surface area contributed by atoms with E-state index in [-0.39, 0.29) is 24.8 Å². The van der Waals surface area contributed by atoms with Gasteiger partial charge in [0.15, 0.2) is 6.10 Å². The third kappa shape index (κ3) is 3.25. The van der Waals surface area contributed by atoms with Crippen molar-refractivity contribution >= 4 is 17.5 Å². The highest BCUT2D eigenvalue weighted by Crippen LogP contribution is 2.28. The van der Waals surface area contributed by atoms with Crippen LogP contribution in [0.1, 0.15) is 5.56 Å². The summed E-state index contributed by atoms with van der Waals surface area (Å²) in [6.45, 7) is 0.145. The number of hydrogen-bond donors (Lipinski definition) is 2. The topological polar surface area (TPSA) is 67.4 Å². The van der Waals surface area contributed by atoms with Gasteiger partial charge in [-0.05, 0) is 17.7 Å². The fourth-order valence-corrected chi connectivity index (χ4v) is 2.28. The predicted octanol–water partition coefficient (Wildman–Crippen LogP) is 1.74. The van der Waals surface area contributed by atoms with Gasteiger partial charge in [-0.3, -0.25) is 9.59 Å². The minimum atomic E-state index is -0.713. The van der Waals surface area contributed by atoms with Gasteiger partial charge in [0.1, 0.15) is 5.75 Å². The molecule has 0 spiro atoms. The Labute approximate surface area is 128 Å². The van der Waals surface area contributed by atoms with Gasteiger partial charge in [0.2, 0.25) is 5.91 Å². The average molecular weight is 296 g/mol. The Bertz CT molecular complexity index is 685. The van der Waals surface area contributed by atoms with Crippen molar-refractivity contribution in [2.24, 2.45) is 0 Å². The monoisotopic (exact) mass is 296 g/mol. The highest BCUT2D eigenvalue weighted by atomic mass is 16.5. The van der Waals surface area contributed by atoms with Crippen LogP contribution >= 0.6 is 0 Å². The second-order valence-corrected chi connectivity index (χ2v) is 5.06. The predicted molar refractivity (Wildman–Crippen MR) is 82.6 cm³/mol. The first-order chi connectivity index (χ1) is 10.7. The lowest BCUT2D eigenvalue weighted by Crippen LogP contribution is -2.45. The Morgan fingerprint density at radius 3 is 2.64 bits per heavy atom. The van der Waals surface area contributed by atoms with Crippen molar-refractivity contribution in [3.8, 4) is 5.75 Å². The number of fused-ring (bicyclic) bond motifs is 1. The van der Waals surface area contributed by atoms with Crippen LogP contribution in [0.4, 0.5) is 5.69 Å². The van der Waals surface area contributed by atoms with Gasteiger partial charge in [0.05, 0.1) is 18.7 Å². The van der Waals surface area contributed by atoms with Crippen LogP contribution in [0.15, 0.2) is 54.6 Å². The fourth-order valence-electron chi connectivity index (χ4n) is 2.28. The van der Waals surface area contributed by atoms with Crippen LogP contribution < -0.4 is 15.4 Å². The summed E-state index contributed by atoms with van der Waals surface area (Å²) < 4.78 is 5.62. The number of carbonyl (C=O) groups is 2. The molecule has 1 aliphatic heterocycles. The van der Waals surface area contributed by atoms with Crippen LogP contribution in [0.5, 0.6) is 5.75 Å². The Morgan fingerprint density at radius 1 is 1.09 bits per heavy atom. The number of hydrogen-bond acceptors (Lipinski definition) is 3. The first kappa shape index (κ1) is 14.1. The number of para-hydroxylation sites is 2. The van der Waals surface area contributed by atoms with Crippen molar-refractivity contribution in [1.82, 2.24) is 5.32 Å². The molecule has 1 atom stereocenters. The summed E-state index contributed by atoms with van der Waals surface area (Å²) in [5, 5.41) is 5.51. The van der Waals surface area contributed by atoms with Gasteiger partial charge in [-0.15, -0.1) is 0 Å². The van der Waals surface area contributed by atoms with Crippen molar-refractivity contribution in [3.05, 3.63) is 60.2 Å². The molecule has 5 nitrogen and oxygen atoms in total. The van der Waals surface area contributed by atoms with E-state index in [4.69, 9.17) is 4.74 Å². The van der Waals surface area contributed by atoms with Crippen molar-refractivity contribution in [1.29, 1.82) is 0 Å². The molecule has 0 radical (unpaired) electrons. The maximum Gasteiger partial charge on any atom is 0.267 e. The number of carbonyl (C=O) groups excluding carboxylic acids is 2. The molecule has 2 N–H and O–H groups in total. The van der Waals surface area contributed by atoms with E-state index in [9.17, 15) is 9.59 Å². The zero-order chi connectivity index (χ0) is 15.4. The van der Waals surface area contributed by atoms with E-state index in [1.54, 1.807) is 12.1 Å². The lowest BCUT2D eigenvalue weighted by Gasteiger charge is -2.25. The van der Waals surface area contributed by atoms with E-state index in [2.05, 4.69) is 10.6 Å². The number of nitrogens with one attached hydrogen (secondary N) is 2. The quantitative estimate of drug-likeness (QED) is 0.903. The summed E-state index contributed by atoms with van der Waals surface area (Å²) in [5.74, 6) is 0.226. The normalized spacial score (nSPS) is 16.2. The average Bonchev–Trinajstić information content (AvgIpc) is 2.54. The van der Waals surface area contributed by atoms with Crippen LogP contribution in [0.25, 0.3) is 0 Å². The zero-order valence-corrected chi connectivity index (χ0v) is 11.9. The minimum absolute atomic E-state index is 0.138. The zero-order valence-electron chi connectivity index (χ0n) is 11.9. The smallest absolute Gasteiger partial charge is 0.267 e. The molecule has 5 heteroatoms. The molecule has 1 aliphatic rings. The largest absolute Gasteiger partial charge is 0.477 e. The fraction of sp³-hybridized carbons (Fsp3) is 0.176. The van der Waals surface area contributed by atoms with Gasteiger partial charge >= 0.3 is 0 Å². The van der Waals surface area contributed by atoms with Crippen LogP contribution in [0, 0.1) is 0 Å². The Morgan fingerprint density at radius 2 is 1.82 bits per heavy atom. The van der Waals surface area contributed by atoms with Crippen molar-refractivity contribution < 1.29 is 14.3 Å². The lowest BCUT2D eigenvalue weighted by atomic mass is 10.1. The Hall–Kier alpha value is -2.82. The lowest BCUT2D eigenvalue weighted by molar-refractivity contribution is -0.124. The van der Waals surface area contributed by atoms with Gasteiger partial charge in [-0.1, -0.05) is 42.5 Å². The summed E-state index contributed by atoms with van der Waals surface area (Å²) in [6.07, 6.45) is -0.430. The molecular formula is C17H16N2O3. The van der Waals surface area contributed by atoms with Gasteiger partial charge in [0, 0.05) is 0 Å². The van der Waals surface area contributed by atoms with E-state index < -0.39 is 6.10 Å². The van der Waals surface area contributed by atoms with E-state index in [0.29, 0.717) is 11.4 Å².